The zero-order valence-corrected chi connectivity index (χ0v) is 9.27. The van der Waals surface area contributed by atoms with E-state index < -0.39 is 0 Å². The Labute approximate surface area is 89.4 Å². The van der Waals surface area contributed by atoms with Crippen molar-refractivity contribution in [2.75, 3.05) is 20.2 Å². The van der Waals surface area contributed by atoms with Gasteiger partial charge in [-0.25, -0.2) is 4.63 Å². The average Bonchev–Trinajstić information content (AvgIpc) is 2.79. The summed E-state index contributed by atoms with van der Waals surface area (Å²) in [4.78, 5) is 2.20. The molecule has 2 rings (SSSR count). The minimum absolute atomic E-state index is 0.384. The Morgan fingerprint density at radius 3 is 2.93 bits per heavy atom. The van der Waals surface area contributed by atoms with Crippen molar-refractivity contribution in [1.82, 2.24) is 15.2 Å². The molecule has 0 aromatic carbocycles. The van der Waals surface area contributed by atoms with Crippen molar-refractivity contribution in [1.29, 1.82) is 0 Å². The Hall–Kier alpha value is -0.940. The van der Waals surface area contributed by atoms with E-state index in [0.717, 1.165) is 31.1 Å². The van der Waals surface area contributed by atoms with E-state index in [1.54, 1.807) is 0 Å². The fraction of sp³-hybridized carbons (Fsp3) is 0.800. The highest BCUT2D eigenvalue weighted by molar-refractivity contribution is 5.03. The Morgan fingerprint density at radius 1 is 1.47 bits per heavy atom. The quantitative estimate of drug-likeness (QED) is 0.743. The number of aromatic nitrogens is 2. The van der Waals surface area contributed by atoms with Crippen LogP contribution in [0.2, 0.25) is 0 Å². The molecule has 1 aliphatic heterocycles. The van der Waals surface area contributed by atoms with Gasteiger partial charge in [-0.1, -0.05) is 10.3 Å². The fourth-order valence-electron chi connectivity index (χ4n) is 1.85. The number of hydrogen-bond donors (Lipinski definition) is 0. The van der Waals surface area contributed by atoms with E-state index in [4.69, 9.17) is 4.74 Å². The average molecular weight is 211 g/mol. The lowest BCUT2D eigenvalue weighted by atomic mass is 10.2. The molecule has 0 N–H and O–H groups in total. The van der Waals surface area contributed by atoms with Gasteiger partial charge in [-0.15, -0.1) is 0 Å². The van der Waals surface area contributed by atoms with Crippen LogP contribution in [0.1, 0.15) is 24.2 Å². The molecule has 5 nitrogen and oxygen atoms in total. The second-order valence-electron chi connectivity index (χ2n) is 4.13. The third-order valence-electron chi connectivity index (χ3n) is 2.71. The molecular weight excluding hydrogens is 194 g/mol. The summed E-state index contributed by atoms with van der Waals surface area (Å²) in [5.41, 5.74) is 1.78. The van der Waals surface area contributed by atoms with E-state index in [0.29, 0.717) is 6.10 Å². The van der Waals surface area contributed by atoms with Gasteiger partial charge in [0, 0.05) is 19.7 Å². The predicted octanol–water partition coefficient (Wildman–Crippen LogP) is 0.989. The first-order valence-electron chi connectivity index (χ1n) is 5.34. The van der Waals surface area contributed by atoms with Crippen LogP contribution in [-0.4, -0.2) is 41.5 Å². The molecule has 0 spiro atoms. The highest BCUT2D eigenvalue weighted by Crippen LogP contribution is 2.14. The monoisotopic (exact) mass is 211 g/mol. The zero-order chi connectivity index (χ0) is 10.7. The summed E-state index contributed by atoms with van der Waals surface area (Å²) in [5.74, 6) is 0. The van der Waals surface area contributed by atoms with Gasteiger partial charge in [0.1, 0.15) is 11.4 Å². The van der Waals surface area contributed by atoms with E-state index in [9.17, 15) is 0 Å². The molecule has 1 unspecified atom stereocenters. The largest absolute Gasteiger partial charge is 0.377 e. The Balaban J connectivity index is 1.81. The van der Waals surface area contributed by atoms with E-state index in [1.165, 1.54) is 12.8 Å². The number of hydrogen-bond acceptors (Lipinski definition) is 5. The van der Waals surface area contributed by atoms with Gasteiger partial charge in [0.05, 0.1) is 6.10 Å². The van der Waals surface area contributed by atoms with Crippen LogP contribution in [0.4, 0.5) is 0 Å². The Bertz CT molecular complexity index is 307. The molecule has 15 heavy (non-hydrogen) atoms. The van der Waals surface area contributed by atoms with Gasteiger partial charge in [-0.2, -0.15) is 0 Å². The van der Waals surface area contributed by atoms with Crippen molar-refractivity contribution in [3.63, 3.8) is 0 Å². The normalized spacial score (nSPS) is 21.4. The van der Waals surface area contributed by atoms with Crippen molar-refractivity contribution in [3.05, 3.63) is 11.4 Å². The molecular formula is C10H17N3O2. The van der Waals surface area contributed by atoms with Gasteiger partial charge in [-0.3, -0.25) is 4.90 Å². The number of likely N-dealkylation sites (N-methyl/N-ethyl adjacent to an activating group) is 1. The minimum Gasteiger partial charge on any atom is -0.377 e. The first-order chi connectivity index (χ1) is 7.25. The predicted molar refractivity (Wildman–Crippen MR) is 54.3 cm³/mol. The number of ether oxygens (including phenoxy) is 1. The molecule has 1 saturated heterocycles. The molecule has 0 amide bonds. The topological polar surface area (TPSA) is 51.4 Å². The number of nitrogens with zero attached hydrogens (tertiary/aromatic N) is 3. The van der Waals surface area contributed by atoms with Crippen molar-refractivity contribution < 1.29 is 9.37 Å². The molecule has 1 aromatic rings. The van der Waals surface area contributed by atoms with Crippen LogP contribution in [0.5, 0.6) is 0 Å². The summed E-state index contributed by atoms with van der Waals surface area (Å²) in [6.45, 7) is 4.54. The number of aryl methyl sites for hydroxylation is 1. The molecule has 0 aliphatic carbocycles. The summed E-state index contributed by atoms with van der Waals surface area (Å²) >= 11 is 0. The van der Waals surface area contributed by atoms with Crippen molar-refractivity contribution in [2.45, 2.75) is 32.4 Å². The lowest BCUT2D eigenvalue weighted by Gasteiger charge is -2.19. The first kappa shape index (κ1) is 10.6. The van der Waals surface area contributed by atoms with Gasteiger partial charge in [0.2, 0.25) is 0 Å². The van der Waals surface area contributed by atoms with Crippen LogP contribution in [0.25, 0.3) is 0 Å². The second-order valence-corrected chi connectivity index (χ2v) is 4.13. The van der Waals surface area contributed by atoms with Gasteiger partial charge in [0.15, 0.2) is 0 Å². The van der Waals surface area contributed by atoms with E-state index >= 15 is 0 Å². The molecule has 1 atom stereocenters. The summed E-state index contributed by atoms with van der Waals surface area (Å²) in [6, 6.07) is 0. The molecule has 0 bridgehead atoms. The molecule has 84 valence electrons. The Kier molecular flexibility index (Phi) is 3.33. The second kappa shape index (κ2) is 4.72. The van der Waals surface area contributed by atoms with Gasteiger partial charge in [0.25, 0.3) is 0 Å². The molecule has 2 heterocycles. The minimum atomic E-state index is 0.384. The molecule has 5 heteroatoms. The molecule has 1 aromatic heterocycles. The molecule has 0 radical (unpaired) electrons. The lowest BCUT2D eigenvalue weighted by molar-refractivity contribution is 0.0786. The van der Waals surface area contributed by atoms with E-state index in [-0.39, 0.29) is 0 Å². The number of rotatable bonds is 4. The van der Waals surface area contributed by atoms with Crippen molar-refractivity contribution in [3.8, 4) is 0 Å². The molecule has 0 saturated carbocycles. The van der Waals surface area contributed by atoms with Crippen molar-refractivity contribution in [2.24, 2.45) is 0 Å². The van der Waals surface area contributed by atoms with Crippen LogP contribution in [0, 0.1) is 6.92 Å². The Morgan fingerprint density at radius 2 is 2.33 bits per heavy atom. The summed E-state index contributed by atoms with van der Waals surface area (Å²) in [7, 11) is 2.07. The van der Waals surface area contributed by atoms with Crippen LogP contribution >= 0.6 is 0 Å². The maximum Gasteiger partial charge on any atom is 0.122 e. The smallest absolute Gasteiger partial charge is 0.122 e. The van der Waals surface area contributed by atoms with Gasteiger partial charge >= 0.3 is 0 Å². The van der Waals surface area contributed by atoms with Crippen LogP contribution in [-0.2, 0) is 11.3 Å². The van der Waals surface area contributed by atoms with E-state index in [2.05, 4.69) is 26.9 Å². The first-order valence-corrected chi connectivity index (χ1v) is 5.34. The zero-order valence-electron chi connectivity index (χ0n) is 9.27. The summed E-state index contributed by atoms with van der Waals surface area (Å²) < 4.78 is 10.2. The van der Waals surface area contributed by atoms with E-state index in [1.807, 2.05) is 6.92 Å². The summed E-state index contributed by atoms with van der Waals surface area (Å²) in [5, 5.41) is 7.62. The van der Waals surface area contributed by atoms with Crippen LogP contribution < -0.4 is 0 Å². The maximum absolute atomic E-state index is 5.57. The maximum atomic E-state index is 5.57. The molecule has 1 fully saturated rings. The van der Waals surface area contributed by atoms with Crippen molar-refractivity contribution >= 4 is 0 Å². The highest BCUT2D eigenvalue weighted by Gasteiger charge is 2.18. The van der Waals surface area contributed by atoms with Gasteiger partial charge in [-0.05, 0) is 26.8 Å². The van der Waals surface area contributed by atoms with Crippen LogP contribution in [0.3, 0.4) is 0 Å². The van der Waals surface area contributed by atoms with Gasteiger partial charge < -0.3 is 4.74 Å². The third-order valence-corrected chi connectivity index (χ3v) is 2.71. The summed E-state index contributed by atoms with van der Waals surface area (Å²) in [6.07, 6.45) is 2.74. The fourth-order valence-corrected chi connectivity index (χ4v) is 1.85. The standard InChI is InChI=1S/C10H17N3O2/c1-8-10(12-15-11-8)7-13(2)6-9-4-3-5-14-9/h9H,3-7H2,1-2H3. The highest BCUT2D eigenvalue weighted by atomic mass is 16.6. The third kappa shape index (κ3) is 2.76. The molecule has 1 aliphatic rings. The SMILES string of the molecule is Cc1nonc1CN(C)CC1CCCO1. The lowest BCUT2D eigenvalue weighted by Crippen LogP contribution is -2.28. The van der Waals surface area contributed by atoms with Crippen LogP contribution in [0.15, 0.2) is 4.63 Å².